The lowest BCUT2D eigenvalue weighted by Gasteiger charge is -2.40. The van der Waals surface area contributed by atoms with Crippen molar-refractivity contribution in [3.63, 3.8) is 0 Å². The van der Waals surface area contributed by atoms with E-state index in [2.05, 4.69) is 16.0 Å². The maximum absolute atomic E-state index is 14.0. The number of methoxy groups -OCH3 is 1. The molecule has 4 N–H and O–H groups in total. The van der Waals surface area contributed by atoms with Gasteiger partial charge in [-0.05, 0) is 63.0 Å². The molecule has 1 aliphatic rings. The van der Waals surface area contributed by atoms with Crippen molar-refractivity contribution in [3.8, 4) is 0 Å². The zero-order chi connectivity index (χ0) is 33.5. The molecular weight excluding hydrogens is 578 g/mol. The molecule has 0 aliphatic carbocycles. The fraction of sp³-hybridized carbons (Fsp3) is 0.606. The zero-order valence-electron chi connectivity index (χ0n) is 27.5. The van der Waals surface area contributed by atoms with Crippen LogP contribution >= 0.6 is 0 Å². The quantitative estimate of drug-likeness (QED) is 0.287. The van der Waals surface area contributed by atoms with Crippen molar-refractivity contribution < 1.29 is 33.8 Å². The molecule has 2 heterocycles. The number of carboxylic acid groups (broad SMARTS) is 1. The van der Waals surface area contributed by atoms with E-state index in [1.165, 1.54) is 11.7 Å². The number of aliphatic carboxylic acids is 1. The van der Waals surface area contributed by atoms with Crippen molar-refractivity contribution in [1.29, 1.82) is 0 Å². The third-order valence-electron chi connectivity index (χ3n) is 8.27. The van der Waals surface area contributed by atoms with Gasteiger partial charge in [0.15, 0.2) is 0 Å². The van der Waals surface area contributed by atoms with Crippen molar-refractivity contribution in [2.45, 2.75) is 117 Å². The molecule has 1 aromatic heterocycles. The Kier molecular flexibility index (Phi) is 12.0. The zero-order valence-corrected chi connectivity index (χ0v) is 27.5. The van der Waals surface area contributed by atoms with E-state index < -0.39 is 42.0 Å². The SMILES string of the molecule is CCC[C@@H](NC(=O)[C@@H](Cc1cn(C(=O)OC)c2ccccc12)NC(=O)[C@H](CC(C)(C)C)NC(=O)N1[C@H](C)CCC[C@@H]1C)C(=O)O. The molecule has 12 nitrogen and oxygen atoms in total. The highest BCUT2D eigenvalue weighted by Crippen LogP contribution is 2.26. The Hall–Kier alpha value is -4.09. The van der Waals surface area contributed by atoms with E-state index in [1.54, 1.807) is 35.4 Å². The summed E-state index contributed by atoms with van der Waals surface area (Å²) in [7, 11) is 1.27. The summed E-state index contributed by atoms with van der Waals surface area (Å²) in [4.78, 5) is 67.3. The second kappa shape index (κ2) is 15.3. The van der Waals surface area contributed by atoms with E-state index in [-0.39, 0.29) is 36.4 Å². The van der Waals surface area contributed by atoms with Gasteiger partial charge in [-0.25, -0.2) is 14.4 Å². The molecule has 0 unspecified atom stereocenters. The average Bonchev–Trinajstić information content (AvgIpc) is 3.33. The highest BCUT2D eigenvalue weighted by atomic mass is 16.5. The van der Waals surface area contributed by atoms with Crippen LogP contribution in [0, 0.1) is 5.41 Å². The number of hydrogen-bond donors (Lipinski definition) is 4. The average molecular weight is 628 g/mol. The van der Waals surface area contributed by atoms with E-state index in [1.807, 2.05) is 41.5 Å². The van der Waals surface area contributed by atoms with Crippen LogP contribution in [0.25, 0.3) is 10.9 Å². The molecule has 12 heteroatoms. The number of hydrogen-bond acceptors (Lipinski definition) is 6. The summed E-state index contributed by atoms with van der Waals surface area (Å²) in [5, 5.41) is 18.7. The number of piperidine rings is 1. The van der Waals surface area contributed by atoms with Gasteiger partial charge in [0, 0.05) is 30.1 Å². The maximum atomic E-state index is 14.0. The number of nitrogens with one attached hydrogen (secondary N) is 3. The lowest BCUT2D eigenvalue weighted by Crippen LogP contribution is -2.60. The first kappa shape index (κ1) is 35.4. The van der Waals surface area contributed by atoms with Crippen LogP contribution < -0.4 is 16.0 Å². The van der Waals surface area contributed by atoms with E-state index in [9.17, 15) is 29.1 Å². The second-order valence-electron chi connectivity index (χ2n) is 13.3. The van der Waals surface area contributed by atoms with Crippen LogP contribution in [-0.2, 0) is 25.5 Å². The minimum Gasteiger partial charge on any atom is -0.480 e. The van der Waals surface area contributed by atoms with Crippen LogP contribution in [0.2, 0.25) is 0 Å². The Morgan fingerprint density at radius 1 is 0.956 bits per heavy atom. The Morgan fingerprint density at radius 2 is 1.56 bits per heavy atom. The maximum Gasteiger partial charge on any atom is 0.418 e. The predicted molar refractivity (Wildman–Crippen MR) is 171 cm³/mol. The van der Waals surface area contributed by atoms with Crippen LogP contribution in [0.1, 0.15) is 85.6 Å². The molecular formula is C33H49N5O7. The summed E-state index contributed by atoms with van der Waals surface area (Å²) in [5.41, 5.74) is 0.781. The van der Waals surface area contributed by atoms with Gasteiger partial charge in [0.05, 0.1) is 12.6 Å². The number of benzene rings is 1. The van der Waals surface area contributed by atoms with Gasteiger partial charge in [-0.15, -0.1) is 0 Å². The first-order valence-corrected chi connectivity index (χ1v) is 15.8. The van der Waals surface area contributed by atoms with Crippen molar-refractivity contribution >= 4 is 40.8 Å². The third-order valence-corrected chi connectivity index (χ3v) is 8.27. The first-order valence-electron chi connectivity index (χ1n) is 15.8. The van der Waals surface area contributed by atoms with Gasteiger partial charge >= 0.3 is 18.1 Å². The number of para-hydroxylation sites is 1. The minimum atomic E-state index is -1.21. The van der Waals surface area contributed by atoms with Crippen LogP contribution in [0.3, 0.4) is 0 Å². The molecule has 0 saturated carbocycles. The van der Waals surface area contributed by atoms with E-state index in [0.717, 1.165) is 19.3 Å². The molecule has 1 aliphatic heterocycles. The number of carbonyl (C=O) groups is 5. The summed E-state index contributed by atoms with van der Waals surface area (Å²) in [6, 6.07) is 3.47. The lowest BCUT2D eigenvalue weighted by molar-refractivity contribution is -0.142. The molecule has 248 valence electrons. The fourth-order valence-corrected chi connectivity index (χ4v) is 6.05. The highest BCUT2D eigenvalue weighted by Gasteiger charge is 2.35. The largest absolute Gasteiger partial charge is 0.480 e. The van der Waals surface area contributed by atoms with Gasteiger partial charge in [-0.3, -0.25) is 14.2 Å². The molecule has 45 heavy (non-hydrogen) atoms. The Labute approximate surface area is 265 Å². The second-order valence-corrected chi connectivity index (χ2v) is 13.3. The standard InChI is InChI=1S/C33H49N5O7/c1-8-12-24(30(41)42)34-28(39)25(17-22-19-37(32(44)45-7)27-16-10-9-15-23(22)27)35-29(40)26(18-33(4,5)6)36-31(43)38-20(2)13-11-14-21(38)3/h9-10,15-16,19-21,24-26H,8,11-14,17-18H2,1-7H3,(H,34,39)(H,35,40)(H,36,43)(H,41,42)/t20-,21+,24-,25-,26+/m1/s1. The Bertz CT molecular complexity index is 1370. The Balaban J connectivity index is 1.97. The van der Waals surface area contributed by atoms with Crippen LogP contribution in [0.5, 0.6) is 0 Å². The molecule has 2 aromatic rings. The third kappa shape index (κ3) is 9.21. The highest BCUT2D eigenvalue weighted by molar-refractivity contribution is 5.95. The number of nitrogens with zero attached hydrogens (tertiary/aromatic N) is 2. The number of amides is 4. The van der Waals surface area contributed by atoms with Crippen molar-refractivity contribution in [1.82, 2.24) is 25.4 Å². The minimum absolute atomic E-state index is 0.0178. The fourth-order valence-electron chi connectivity index (χ4n) is 6.05. The van der Waals surface area contributed by atoms with E-state index in [4.69, 9.17) is 4.74 Å². The number of urea groups is 1. The molecule has 0 radical (unpaired) electrons. The van der Waals surface area contributed by atoms with Gasteiger partial charge in [-0.2, -0.15) is 0 Å². The lowest BCUT2D eigenvalue weighted by atomic mass is 9.87. The summed E-state index contributed by atoms with van der Waals surface area (Å²) >= 11 is 0. The van der Waals surface area contributed by atoms with Gasteiger partial charge < -0.3 is 30.7 Å². The van der Waals surface area contributed by atoms with Crippen molar-refractivity contribution in [3.05, 3.63) is 36.0 Å². The molecule has 1 aromatic carbocycles. The molecule has 4 amide bonds. The number of ether oxygens (including phenoxy) is 1. The number of likely N-dealkylation sites (tertiary alicyclic amines) is 1. The summed E-state index contributed by atoms with van der Waals surface area (Å²) < 4.78 is 6.25. The Morgan fingerprint density at radius 3 is 2.13 bits per heavy atom. The summed E-state index contributed by atoms with van der Waals surface area (Å²) in [6.45, 7) is 11.7. The molecule has 3 rings (SSSR count). The van der Waals surface area contributed by atoms with Crippen molar-refractivity contribution in [2.24, 2.45) is 5.41 Å². The molecule has 5 atom stereocenters. The molecule has 1 fully saturated rings. The first-order chi connectivity index (χ1) is 21.2. The van der Waals surface area contributed by atoms with Gasteiger partial charge in [0.25, 0.3) is 0 Å². The monoisotopic (exact) mass is 627 g/mol. The van der Waals surface area contributed by atoms with Crippen LogP contribution in [-0.4, -0.2) is 81.8 Å². The molecule has 1 saturated heterocycles. The number of fused-ring (bicyclic) bond motifs is 1. The summed E-state index contributed by atoms with van der Waals surface area (Å²) in [6.07, 6.45) is 4.68. The van der Waals surface area contributed by atoms with Crippen molar-refractivity contribution in [2.75, 3.05) is 7.11 Å². The molecule has 0 spiro atoms. The molecule has 0 bridgehead atoms. The van der Waals surface area contributed by atoms with E-state index in [0.29, 0.717) is 29.3 Å². The smallest absolute Gasteiger partial charge is 0.418 e. The van der Waals surface area contributed by atoms with Gasteiger partial charge in [0.1, 0.15) is 18.1 Å². The summed E-state index contributed by atoms with van der Waals surface area (Å²) in [5.74, 6) is -2.42. The van der Waals surface area contributed by atoms with Crippen LogP contribution in [0.4, 0.5) is 9.59 Å². The normalized spacial score (nSPS) is 18.9. The number of aromatic nitrogens is 1. The number of carboxylic acids is 1. The number of rotatable bonds is 11. The van der Waals surface area contributed by atoms with E-state index >= 15 is 0 Å². The van der Waals surface area contributed by atoms with Crippen LogP contribution in [0.15, 0.2) is 30.5 Å². The number of carbonyl (C=O) groups excluding carboxylic acids is 4. The van der Waals surface area contributed by atoms with Gasteiger partial charge in [-0.1, -0.05) is 52.3 Å². The predicted octanol–water partition coefficient (Wildman–Crippen LogP) is 4.43. The van der Waals surface area contributed by atoms with Gasteiger partial charge in [0.2, 0.25) is 11.8 Å². The topological polar surface area (TPSA) is 159 Å².